The number of aryl methyl sites for hydroxylation is 1. The molecule has 5 nitrogen and oxygen atoms in total. The number of nitrogens with zero attached hydrogens (tertiary/aromatic N) is 3. The SMILES string of the molecule is Cn1ccnc1[C@@H](NCc1cnc2ccccc2c1)C(C)(C)CO. The Kier molecular flexibility index (Phi) is 4.64. The van der Waals surface area contributed by atoms with Gasteiger partial charge in [0.2, 0.25) is 0 Å². The van der Waals surface area contributed by atoms with Gasteiger partial charge in [-0.15, -0.1) is 0 Å². The minimum absolute atomic E-state index is 0.0611. The molecular formula is C19H24N4O. The number of nitrogens with one attached hydrogen (secondary N) is 1. The lowest BCUT2D eigenvalue weighted by atomic mass is 9.84. The van der Waals surface area contributed by atoms with Crippen LogP contribution >= 0.6 is 0 Å². The fraction of sp³-hybridized carbons (Fsp3) is 0.368. The molecule has 3 aromatic rings. The zero-order valence-electron chi connectivity index (χ0n) is 14.4. The molecule has 0 saturated heterocycles. The molecule has 5 heteroatoms. The van der Waals surface area contributed by atoms with Crippen LogP contribution in [0, 0.1) is 5.41 Å². The molecule has 0 aliphatic rings. The van der Waals surface area contributed by atoms with Gasteiger partial charge in [0.15, 0.2) is 0 Å². The molecule has 1 atom stereocenters. The summed E-state index contributed by atoms with van der Waals surface area (Å²) in [5.74, 6) is 0.919. The molecule has 3 rings (SSSR count). The van der Waals surface area contributed by atoms with E-state index in [4.69, 9.17) is 0 Å². The molecule has 2 N–H and O–H groups in total. The van der Waals surface area contributed by atoms with Crippen molar-refractivity contribution < 1.29 is 5.11 Å². The summed E-state index contributed by atoms with van der Waals surface area (Å²) in [6, 6.07) is 10.2. The maximum Gasteiger partial charge on any atom is 0.126 e. The van der Waals surface area contributed by atoms with E-state index in [0.717, 1.165) is 22.3 Å². The largest absolute Gasteiger partial charge is 0.396 e. The second-order valence-electron chi connectivity index (χ2n) is 6.89. The van der Waals surface area contributed by atoms with Crippen LogP contribution in [-0.4, -0.2) is 26.2 Å². The van der Waals surface area contributed by atoms with Crippen molar-refractivity contribution >= 4 is 10.9 Å². The summed E-state index contributed by atoms with van der Waals surface area (Å²) in [4.78, 5) is 8.98. The lowest BCUT2D eigenvalue weighted by Gasteiger charge is -2.33. The number of imidazole rings is 1. The number of benzene rings is 1. The van der Waals surface area contributed by atoms with Gasteiger partial charge >= 0.3 is 0 Å². The molecule has 0 fully saturated rings. The minimum atomic E-state index is -0.330. The molecular weight excluding hydrogens is 300 g/mol. The van der Waals surface area contributed by atoms with Crippen LogP contribution in [0.2, 0.25) is 0 Å². The molecule has 0 aliphatic carbocycles. The molecule has 24 heavy (non-hydrogen) atoms. The van der Waals surface area contributed by atoms with E-state index in [9.17, 15) is 5.11 Å². The normalized spacial score (nSPS) is 13.3. The van der Waals surface area contributed by atoms with Crippen molar-refractivity contribution in [3.8, 4) is 0 Å². The highest BCUT2D eigenvalue weighted by molar-refractivity contribution is 5.78. The van der Waals surface area contributed by atoms with Gasteiger partial charge in [0.05, 0.1) is 18.2 Å². The van der Waals surface area contributed by atoms with Crippen LogP contribution in [0.5, 0.6) is 0 Å². The van der Waals surface area contributed by atoms with Crippen molar-refractivity contribution in [1.82, 2.24) is 19.9 Å². The molecule has 0 aliphatic heterocycles. The summed E-state index contributed by atoms with van der Waals surface area (Å²) < 4.78 is 1.99. The first-order valence-corrected chi connectivity index (χ1v) is 8.16. The maximum atomic E-state index is 9.80. The number of hydrogen-bond acceptors (Lipinski definition) is 4. The third kappa shape index (κ3) is 3.32. The van der Waals surface area contributed by atoms with Gasteiger partial charge in [0.1, 0.15) is 5.82 Å². The van der Waals surface area contributed by atoms with Crippen molar-refractivity contribution in [1.29, 1.82) is 0 Å². The standard InChI is InChI=1S/C19H24N4O/c1-19(2,13-24)17(18-20-8-9-23(18)3)22-12-14-10-15-6-4-5-7-16(15)21-11-14/h4-11,17,22,24H,12-13H2,1-3H3/t17-/m1/s1. The zero-order valence-corrected chi connectivity index (χ0v) is 14.4. The third-order valence-electron chi connectivity index (χ3n) is 4.46. The van der Waals surface area contributed by atoms with Gasteiger partial charge in [-0.2, -0.15) is 0 Å². The Morgan fingerprint density at radius 1 is 1.25 bits per heavy atom. The van der Waals surface area contributed by atoms with Gasteiger partial charge in [-0.05, 0) is 17.7 Å². The number of fused-ring (bicyclic) bond motifs is 1. The first-order chi connectivity index (χ1) is 11.5. The van der Waals surface area contributed by atoms with Crippen LogP contribution in [0.25, 0.3) is 10.9 Å². The fourth-order valence-electron chi connectivity index (χ4n) is 2.90. The lowest BCUT2D eigenvalue weighted by molar-refractivity contribution is 0.109. The Morgan fingerprint density at radius 3 is 2.75 bits per heavy atom. The Bertz CT molecular complexity index is 825. The maximum absolute atomic E-state index is 9.80. The Hall–Kier alpha value is -2.24. The molecule has 1 aromatic carbocycles. The van der Waals surface area contributed by atoms with Crippen molar-refractivity contribution in [3.05, 3.63) is 60.3 Å². The van der Waals surface area contributed by atoms with Crippen LogP contribution in [0.1, 0.15) is 31.3 Å². The fourth-order valence-corrected chi connectivity index (χ4v) is 2.90. The summed E-state index contributed by atoms with van der Waals surface area (Å²) in [6.07, 6.45) is 5.61. The highest BCUT2D eigenvalue weighted by Crippen LogP contribution is 2.32. The van der Waals surface area contributed by atoms with E-state index in [0.29, 0.717) is 6.54 Å². The van der Waals surface area contributed by atoms with E-state index in [-0.39, 0.29) is 18.1 Å². The summed E-state index contributed by atoms with van der Waals surface area (Å²) in [7, 11) is 1.97. The van der Waals surface area contributed by atoms with Crippen LogP contribution in [0.3, 0.4) is 0 Å². The van der Waals surface area contributed by atoms with E-state index in [2.05, 4.69) is 27.4 Å². The number of aliphatic hydroxyl groups is 1. The monoisotopic (exact) mass is 324 g/mol. The average Bonchev–Trinajstić information content (AvgIpc) is 3.00. The second kappa shape index (κ2) is 6.71. The third-order valence-corrected chi connectivity index (χ3v) is 4.46. The molecule has 0 unspecified atom stereocenters. The van der Waals surface area contributed by atoms with Gasteiger partial charge in [-0.25, -0.2) is 4.98 Å². The second-order valence-corrected chi connectivity index (χ2v) is 6.89. The number of aromatic nitrogens is 3. The van der Waals surface area contributed by atoms with Crippen LogP contribution < -0.4 is 5.32 Å². The van der Waals surface area contributed by atoms with Crippen LogP contribution in [-0.2, 0) is 13.6 Å². The number of hydrogen-bond donors (Lipinski definition) is 2. The van der Waals surface area contributed by atoms with Crippen molar-refractivity contribution in [3.63, 3.8) is 0 Å². The summed E-state index contributed by atoms with van der Waals surface area (Å²) >= 11 is 0. The predicted octanol–water partition coefficient (Wildman–Crippen LogP) is 2.82. The van der Waals surface area contributed by atoms with Crippen molar-refractivity contribution in [2.24, 2.45) is 12.5 Å². The zero-order chi connectivity index (χ0) is 17.2. The first kappa shape index (κ1) is 16.6. The van der Waals surface area contributed by atoms with Gasteiger partial charge < -0.3 is 15.0 Å². The molecule has 0 radical (unpaired) electrons. The highest BCUT2D eigenvalue weighted by atomic mass is 16.3. The Morgan fingerprint density at radius 2 is 2.04 bits per heavy atom. The van der Waals surface area contributed by atoms with E-state index < -0.39 is 0 Å². The highest BCUT2D eigenvalue weighted by Gasteiger charge is 2.32. The number of rotatable bonds is 6. The average molecular weight is 324 g/mol. The van der Waals surface area contributed by atoms with Gasteiger partial charge in [-0.3, -0.25) is 4.98 Å². The number of para-hydroxylation sites is 1. The van der Waals surface area contributed by atoms with Crippen LogP contribution in [0.15, 0.2) is 48.9 Å². The van der Waals surface area contributed by atoms with Gasteiger partial charge in [0, 0.05) is 43.0 Å². The van der Waals surface area contributed by atoms with Gasteiger partial charge in [-0.1, -0.05) is 32.0 Å². The quantitative estimate of drug-likeness (QED) is 0.732. The van der Waals surface area contributed by atoms with Crippen molar-refractivity contribution in [2.45, 2.75) is 26.4 Å². The van der Waals surface area contributed by atoms with E-state index in [1.807, 2.05) is 56.1 Å². The molecule has 2 heterocycles. The molecule has 0 saturated carbocycles. The smallest absolute Gasteiger partial charge is 0.126 e. The molecule has 0 bridgehead atoms. The predicted molar refractivity (Wildman–Crippen MR) is 95.4 cm³/mol. The number of aliphatic hydroxyl groups excluding tert-OH is 1. The van der Waals surface area contributed by atoms with Crippen LogP contribution in [0.4, 0.5) is 0 Å². The molecule has 2 aromatic heterocycles. The molecule has 0 amide bonds. The molecule has 126 valence electrons. The summed E-state index contributed by atoms with van der Waals surface area (Å²) in [6.45, 7) is 4.82. The topological polar surface area (TPSA) is 63.0 Å². The summed E-state index contributed by atoms with van der Waals surface area (Å²) in [5.41, 5.74) is 1.78. The lowest BCUT2D eigenvalue weighted by Crippen LogP contribution is -2.38. The number of pyridine rings is 1. The van der Waals surface area contributed by atoms with E-state index in [1.54, 1.807) is 6.20 Å². The summed E-state index contributed by atoms with van der Waals surface area (Å²) in [5, 5.41) is 14.5. The minimum Gasteiger partial charge on any atom is -0.396 e. The van der Waals surface area contributed by atoms with E-state index in [1.165, 1.54) is 0 Å². The Balaban J connectivity index is 1.83. The van der Waals surface area contributed by atoms with E-state index >= 15 is 0 Å². The Labute approximate surface area is 142 Å². The van der Waals surface area contributed by atoms with Crippen molar-refractivity contribution in [2.75, 3.05) is 6.61 Å². The van der Waals surface area contributed by atoms with Gasteiger partial charge in [0.25, 0.3) is 0 Å². The first-order valence-electron chi connectivity index (χ1n) is 8.16. The molecule has 0 spiro atoms.